The van der Waals surface area contributed by atoms with E-state index >= 15 is 0 Å². The number of rotatable bonds is 4. The second-order valence-corrected chi connectivity index (χ2v) is 6.23. The maximum Gasteiger partial charge on any atom is 0.133 e. The fraction of sp³-hybridized carbons (Fsp3) is 0.471. The van der Waals surface area contributed by atoms with Crippen molar-refractivity contribution in [3.63, 3.8) is 0 Å². The van der Waals surface area contributed by atoms with Gasteiger partial charge in [0.1, 0.15) is 5.82 Å². The number of aromatic nitrogens is 1. The van der Waals surface area contributed by atoms with Gasteiger partial charge in [0, 0.05) is 36.5 Å². The molecule has 1 atom stereocenters. The lowest BCUT2D eigenvalue weighted by Crippen LogP contribution is -2.34. The number of fused-ring (bicyclic) bond motifs is 1. The number of para-hydroxylation sites is 1. The molecule has 1 saturated heterocycles. The molecule has 1 fully saturated rings. The quantitative estimate of drug-likeness (QED) is 0.776. The molecule has 1 unspecified atom stereocenters. The predicted molar refractivity (Wildman–Crippen MR) is 91.2 cm³/mol. The van der Waals surface area contributed by atoms with E-state index in [9.17, 15) is 0 Å². The van der Waals surface area contributed by atoms with Crippen molar-refractivity contribution >= 4 is 32.7 Å². The third-order valence-corrected chi connectivity index (χ3v) is 4.64. The molecule has 0 radical (unpaired) electrons. The van der Waals surface area contributed by atoms with Crippen LogP contribution in [0, 0.1) is 0 Å². The van der Waals surface area contributed by atoms with Crippen molar-refractivity contribution in [1.82, 2.24) is 4.98 Å². The topological polar surface area (TPSA) is 25.4 Å². The summed E-state index contributed by atoms with van der Waals surface area (Å²) < 4.78 is 5.85. The molecule has 2 aromatic rings. The normalized spacial score (nSPS) is 18.9. The first-order valence-corrected chi connectivity index (χ1v) is 8.67. The van der Waals surface area contributed by atoms with Gasteiger partial charge in [0.05, 0.1) is 11.6 Å². The number of pyridine rings is 1. The van der Waals surface area contributed by atoms with Crippen molar-refractivity contribution in [2.45, 2.75) is 30.7 Å². The predicted octanol–water partition coefficient (Wildman–Crippen LogP) is 4.14. The lowest BCUT2D eigenvalue weighted by atomic mass is 10.1. The van der Waals surface area contributed by atoms with Gasteiger partial charge in [-0.15, -0.1) is 0 Å². The Morgan fingerprint density at radius 2 is 2.19 bits per heavy atom. The van der Waals surface area contributed by atoms with E-state index in [4.69, 9.17) is 9.72 Å². The van der Waals surface area contributed by atoms with E-state index in [1.807, 2.05) is 6.07 Å². The Morgan fingerprint density at radius 1 is 1.33 bits per heavy atom. The molecule has 1 aliphatic rings. The Hall–Kier alpha value is -1.13. The summed E-state index contributed by atoms with van der Waals surface area (Å²) in [5, 5.41) is 2.01. The summed E-state index contributed by atoms with van der Waals surface area (Å²) in [7, 11) is 2.11. The molecular weight excluding hydrogens is 328 g/mol. The molecule has 112 valence electrons. The van der Waals surface area contributed by atoms with Gasteiger partial charge < -0.3 is 9.64 Å². The second-order valence-electron chi connectivity index (χ2n) is 5.67. The Bertz CT molecular complexity index is 611. The lowest BCUT2D eigenvalue weighted by molar-refractivity contribution is 0.0215. The SMILES string of the molecule is CN(CC1CCCCO1)c1nc2ccccc2cc1CBr. The minimum Gasteiger partial charge on any atom is -0.376 e. The molecule has 0 amide bonds. The zero-order valence-corrected chi connectivity index (χ0v) is 14.0. The van der Waals surface area contributed by atoms with Crippen LogP contribution in [-0.4, -0.2) is 31.3 Å². The molecule has 4 heteroatoms. The van der Waals surface area contributed by atoms with E-state index < -0.39 is 0 Å². The molecule has 0 aliphatic carbocycles. The smallest absolute Gasteiger partial charge is 0.133 e. The fourth-order valence-electron chi connectivity index (χ4n) is 2.92. The number of benzene rings is 1. The van der Waals surface area contributed by atoms with Crippen LogP contribution < -0.4 is 4.90 Å². The molecule has 1 aromatic heterocycles. The number of alkyl halides is 1. The molecule has 1 aliphatic heterocycles. The fourth-order valence-corrected chi connectivity index (χ4v) is 3.33. The minimum absolute atomic E-state index is 0.334. The lowest BCUT2D eigenvalue weighted by Gasteiger charge is -2.29. The van der Waals surface area contributed by atoms with E-state index in [2.05, 4.69) is 52.1 Å². The summed E-state index contributed by atoms with van der Waals surface area (Å²) in [5.41, 5.74) is 2.28. The zero-order chi connectivity index (χ0) is 14.7. The van der Waals surface area contributed by atoms with Crippen LogP contribution in [0.2, 0.25) is 0 Å². The van der Waals surface area contributed by atoms with Crippen molar-refractivity contribution in [2.24, 2.45) is 0 Å². The van der Waals surface area contributed by atoms with Gasteiger partial charge >= 0.3 is 0 Å². The monoisotopic (exact) mass is 348 g/mol. The third-order valence-electron chi connectivity index (χ3n) is 4.04. The number of anilines is 1. The van der Waals surface area contributed by atoms with Crippen molar-refractivity contribution in [2.75, 3.05) is 25.1 Å². The average molecular weight is 349 g/mol. The summed E-state index contributed by atoms with van der Waals surface area (Å²) in [5.74, 6) is 1.06. The van der Waals surface area contributed by atoms with Gasteiger partial charge in [-0.25, -0.2) is 4.98 Å². The van der Waals surface area contributed by atoms with E-state index in [-0.39, 0.29) is 0 Å². The van der Waals surface area contributed by atoms with Gasteiger partial charge in [-0.3, -0.25) is 0 Å². The van der Waals surface area contributed by atoms with Gasteiger partial charge in [-0.2, -0.15) is 0 Å². The molecule has 3 rings (SSSR count). The van der Waals surface area contributed by atoms with Crippen LogP contribution in [0.15, 0.2) is 30.3 Å². The maximum absolute atomic E-state index is 5.85. The summed E-state index contributed by atoms with van der Waals surface area (Å²) >= 11 is 3.59. The van der Waals surface area contributed by atoms with Crippen LogP contribution >= 0.6 is 15.9 Å². The highest BCUT2D eigenvalue weighted by atomic mass is 79.9. The highest BCUT2D eigenvalue weighted by molar-refractivity contribution is 9.08. The molecule has 2 heterocycles. The van der Waals surface area contributed by atoms with Gasteiger partial charge in [0.25, 0.3) is 0 Å². The van der Waals surface area contributed by atoms with Crippen molar-refractivity contribution in [3.05, 3.63) is 35.9 Å². The van der Waals surface area contributed by atoms with E-state index in [0.29, 0.717) is 6.10 Å². The number of hydrogen-bond donors (Lipinski definition) is 0. The minimum atomic E-state index is 0.334. The average Bonchev–Trinajstić information content (AvgIpc) is 2.54. The van der Waals surface area contributed by atoms with E-state index in [1.165, 1.54) is 23.8 Å². The van der Waals surface area contributed by atoms with Crippen LogP contribution in [0.1, 0.15) is 24.8 Å². The Labute approximate surface area is 134 Å². The van der Waals surface area contributed by atoms with Crippen LogP contribution in [-0.2, 0) is 10.1 Å². The zero-order valence-electron chi connectivity index (χ0n) is 12.4. The summed E-state index contributed by atoms with van der Waals surface area (Å²) in [6.07, 6.45) is 3.96. The third kappa shape index (κ3) is 3.38. The van der Waals surface area contributed by atoms with E-state index in [1.54, 1.807) is 0 Å². The van der Waals surface area contributed by atoms with Crippen LogP contribution in [0.3, 0.4) is 0 Å². The molecule has 0 saturated carbocycles. The first-order chi connectivity index (χ1) is 10.3. The van der Waals surface area contributed by atoms with Gasteiger partial charge in [0.2, 0.25) is 0 Å². The standard InChI is InChI=1S/C17H21BrN2O/c1-20(12-15-7-4-5-9-21-15)17-14(11-18)10-13-6-2-3-8-16(13)19-17/h2-3,6,8,10,15H,4-5,7,9,11-12H2,1H3. The largest absolute Gasteiger partial charge is 0.376 e. The molecule has 3 nitrogen and oxygen atoms in total. The van der Waals surface area contributed by atoms with Gasteiger partial charge in [0.15, 0.2) is 0 Å². The van der Waals surface area contributed by atoms with Crippen molar-refractivity contribution in [1.29, 1.82) is 0 Å². The molecule has 0 N–H and O–H groups in total. The van der Waals surface area contributed by atoms with Crippen LogP contribution in [0.5, 0.6) is 0 Å². The van der Waals surface area contributed by atoms with E-state index in [0.717, 1.165) is 36.2 Å². The highest BCUT2D eigenvalue weighted by Gasteiger charge is 2.18. The maximum atomic E-state index is 5.85. The Morgan fingerprint density at radius 3 is 2.95 bits per heavy atom. The van der Waals surface area contributed by atoms with Crippen molar-refractivity contribution in [3.8, 4) is 0 Å². The summed E-state index contributed by atoms with van der Waals surface area (Å²) in [4.78, 5) is 7.09. The number of hydrogen-bond acceptors (Lipinski definition) is 3. The molecule has 21 heavy (non-hydrogen) atoms. The first-order valence-electron chi connectivity index (χ1n) is 7.55. The Kier molecular flexibility index (Phi) is 4.76. The number of nitrogens with zero attached hydrogens (tertiary/aromatic N) is 2. The number of halogens is 1. The summed E-state index contributed by atoms with van der Waals surface area (Å²) in [6.45, 7) is 1.81. The molecule has 0 spiro atoms. The number of ether oxygens (including phenoxy) is 1. The number of likely N-dealkylation sites (N-methyl/N-ethyl adjacent to an activating group) is 1. The summed E-state index contributed by atoms with van der Waals surface area (Å²) in [6, 6.07) is 10.5. The second kappa shape index (κ2) is 6.75. The van der Waals surface area contributed by atoms with Gasteiger partial charge in [-0.05, 0) is 31.4 Å². The van der Waals surface area contributed by atoms with Gasteiger partial charge in [-0.1, -0.05) is 34.1 Å². The Balaban J connectivity index is 1.86. The molecular formula is C17H21BrN2O. The first kappa shape index (κ1) is 14.8. The van der Waals surface area contributed by atoms with Crippen molar-refractivity contribution < 1.29 is 4.74 Å². The molecule has 0 bridgehead atoms. The molecule has 1 aromatic carbocycles. The highest BCUT2D eigenvalue weighted by Crippen LogP contribution is 2.26. The van der Waals surface area contributed by atoms with Crippen LogP contribution in [0.25, 0.3) is 10.9 Å². The van der Waals surface area contributed by atoms with Crippen LogP contribution in [0.4, 0.5) is 5.82 Å².